The van der Waals surface area contributed by atoms with Crippen LogP contribution in [0.1, 0.15) is 11.4 Å². The van der Waals surface area contributed by atoms with Crippen LogP contribution in [0.15, 0.2) is 34.9 Å². The molecule has 0 saturated heterocycles. The van der Waals surface area contributed by atoms with Gasteiger partial charge in [0.15, 0.2) is 17.4 Å². The molecule has 0 unspecified atom stereocenters. The van der Waals surface area contributed by atoms with Crippen LogP contribution in [0.2, 0.25) is 0 Å². The van der Waals surface area contributed by atoms with Gasteiger partial charge in [-0.2, -0.15) is 4.98 Å². The number of amides is 1. The van der Waals surface area contributed by atoms with E-state index in [1.54, 1.807) is 13.0 Å². The summed E-state index contributed by atoms with van der Waals surface area (Å²) in [4.78, 5) is 18.3. The molecule has 1 aromatic heterocycles. The fraction of sp³-hybridized carbons (Fsp3) is 0.250. The van der Waals surface area contributed by atoms with Crippen molar-refractivity contribution in [3.63, 3.8) is 0 Å². The smallest absolute Gasteiger partial charge is 0.257 e. The lowest BCUT2D eigenvalue weighted by atomic mass is 10.1. The second-order valence-corrected chi connectivity index (χ2v) is 6.61. The number of hydrogen-bond acceptors (Lipinski definition) is 6. The lowest BCUT2D eigenvalue weighted by Crippen LogP contribution is -2.34. The van der Waals surface area contributed by atoms with Crippen molar-refractivity contribution in [2.24, 2.45) is 0 Å². The molecule has 2 aromatic carbocycles. The molecule has 9 heteroatoms. The van der Waals surface area contributed by atoms with Gasteiger partial charge in [-0.3, -0.25) is 4.79 Å². The molecule has 29 heavy (non-hydrogen) atoms. The topological polar surface area (TPSA) is 80.5 Å². The normalized spacial score (nSPS) is 12.8. The molecule has 7 nitrogen and oxygen atoms in total. The third kappa shape index (κ3) is 3.63. The van der Waals surface area contributed by atoms with Crippen molar-refractivity contribution in [3.8, 4) is 17.2 Å². The Balaban J connectivity index is 1.49. The van der Waals surface area contributed by atoms with Gasteiger partial charge in [0.05, 0.1) is 25.0 Å². The number of benzene rings is 2. The van der Waals surface area contributed by atoms with Crippen LogP contribution in [-0.4, -0.2) is 36.2 Å². The molecule has 4 rings (SSSR count). The molecule has 0 bridgehead atoms. The van der Waals surface area contributed by atoms with E-state index in [9.17, 15) is 13.6 Å². The van der Waals surface area contributed by atoms with Crippen LogP contribution in [0.25, 0.3) is 11.5 Å². The van der Waals surface area contributed by atoms with Crippen LogP contribution in [-0.2, 0) is 11.2 Å². The minimum Gasteiger partial charge on any atom is -0.494 e. The van der Waals surface area contributed by atoms with Gasteiger partial charge in [0, 0.05) is 18.2 Å². The Morgan fingerprint density at radius 2 is 2.10 bits per heavy atom. The van der Waals surface area contributed by atoms with E-state index < -0.39 is 11.6 Å². The van der Waals surface area contributed by atoms with E-state index in [4.69, 9.17) is 9.26 Å². The van der Waals surface area contributed by atoms with Crippen molar-refractivity contribution in [3.05, 3.63) is 53.4 Å². The molecule has 0 radical (unpaired) electrons. The summed E-state index contributed by atoms with van der Waals surface area (Å²) in [5, 5.41) is 6.51. The van der Waals surface area contributed by atoms with Gasteiger partial charge < -0.3 is 19.5 Å². The Morgan fingerprint density at radius 3 is 2.83 bits per heavy atom. The first kappa shape index (κ1) is 18.9. The Bertz CT molecular complexity index is 1080. The largest absolute Gasteiger partial charge is 0.494 e. The third-order valence-electron chi connectivity index (χ3n) is 4.72. The van der Waals surface area contributed by atoms with Crippen LogP contribution in [0.5, 0.6) is 5.75 Å². The fourth-order valence-electron chi connectivity index (χ4n) is 3.28. The van der Waals surface area contributed by atoms with E-state index in [0.29, 0.717) is 30.0 Å². The fourth-order valence-corrected chi connectivity index (χ4v) is 3.28. The van der Waals surface area contributed by atoms with Gasteiger partial charge in [0.2, 0.25) is 5.91 Å². The maximum atomic E-state index is 14.2. The number of nitrogens with zero attached hydrogens (tertiary/aromatic N) is 3. The number of nitrogens with one attached hydrogen (secondary N) is 1. The van der Waals surface area contributed by atoms with Crippen LogP contribution in [0.3, 0.4) is 0 Å². The standard InChI is InChI=1S/C20H18F2N4O3/c1-11-24-20(29-25-11)13-3-4-14(21)16(7-13)23-10-19(27)26-6-5-12-8-18(28-2)15(22)9-17(12)26/h3-4,7-9,23H,5-6,10H2,1-2H3. The number of aromatic nitrogens is 2. The zero-order valence-corrected chi connectivity index (χ0v) is 15.8. The molecule has 1 aliphatic heterocycles. The molecule has 0 fully saturated rings. The molecule has 0 saturated carbocycles. The van der Waals surface area contributed by atoms with Crippen molar-refractivity contribution < 1.29 is 22.8 Å². The number of carbonyl (C=O) groups is 1. The third-order valence-corrected chi connectivity index (χ3v) is 4.72. The maximum absolute atomic E-state index is 14.2. The summed E-state index contributed by atoms with van der Waals surface area (Å²) in [6.45, 7) is 1.95. The zero-order chi connectivity index (χ0) is 20.5. The van der Waals surface area contributed by atoms with Gasteiger partial charge >= 0.3 is 0 Å². The Hall–Kier alpha value is -3.49. The Kier molecular flexibility index (Phi) is 4.87. The Labute approximate surface area is 165 Å². The number of ether oxygens (including phenoxy) is 1. The Morgan fingerprint density at radius 1 is 1.28 bits per heavy atom. The van der Waals surface area contributed by atoms with E-state index >= 15 is 0 Å². The number of methoxy groups -OCH3 is 1. The van der Waals surface area contributed by atoms with Crippen LogP contribution < -0.4 is 15.0 Å². The number of rotatable bonds is 5. The second kappa shape index (κ2) is 7.50. The highest BCUT2D eigenvalue weighted by molar-refractivity contribution is 5.98. The average Bonchev–Trinajstić information content (AvgIpc) is 3.32. The van der Waals surface area contributed by atoms with Crippen molar-refractivity contribution in [2.45, 2.75) is 13.3 Å². The van der Waals surface area contributed by atoms with Crippen molar-refractivity contribution in [2.75, 3.05) is 30.4 Å². The molecule has 2 heterocycles. The number of aryl methyl sites for hydroxylation is 1. The molecule has 0 atom stereocenters. The molecule has 150 valence electrons. The van der Waals surface area contributed by atoms with Crippen molar-refractivity contribution >= 4 is 17.3 Å². The minimum atomic E-state index is -0.535. The molecular weight excluding hydrogens is 382 g/mol. The summed E-state index contributed by atoms with van der Waals surface area (Å²) >= 11 is 0. The molecule has 3 aromatic rings. The van der Waals surface area contributed by atoms with Crippen LogP contribution in [0.4, 0.5) is 20.2 Å². The predicted molar refractivity (Wildman–Crippen MR) is 102 cm³/mol. The summed E-state index contributed by atoms with van der Waals surface area (Å²) in [5.74, 6) is -0.485. The van der Waals surface area contributed by atoms with Gasteiger partial charge in [0.1, 0.15) is 5.82 Å². The number of hydrogen-bond donors (Lipinski definition) is 1. The molecule has 1 amide bonds. The lowest BCUT2D eigenvalue weighted by molar-refractivity contribution is -0.116. The monoisotopic (exact) mass is 400 g/mol. The molecule has 1 aliphatic rings. The summed E-state index contributed by atoms with van der Waals surface area (Å²) in [7, 11) is 1.39. The number of carbonyl (C=O) groups excluding carboxylic acids is 1. The summed E-state index contributed by atoms with van der Waals surface area (Å²) in [5.41, 5.74) is 2.00. The molecule has 0 spiro atoms. The number of halogens is 2. The van der Waals surface area contributed by atoms with Crippen molar-refractivity contribution in [1.29, 1.82) is 0 Å². The first-order valence-corrected chi connectivity index (χ1v) is 8.97. The van der Waals surface area contributed by atoms with Gasteiger partial charge in [-0.15, -0.1) is 0 Å². The zero-order valence-electron chi connectivity index (χ0n) is 15.8. The number of anilines is 2. The SMILES string of the molecule is COc1cc2c(cc1F)N(C(=O)CNc1cc(-c3nc(C)no3)ccc1F)CC2. The van der Waals surface area contributed by atoms with Gasteiger partial charge in [0.25, 0.3) is 5.89 Å². The molecule has 0 aliphatic carbocycles. The van der Waals surface area contributed by atoms with E-state index in [1.807, 2.05) is 0 Å². The van der Waals surface area contributed by atoms with Gasteiger partial charge in [-0.05, 0) is 43.2 Å². The quantitative estimate of drug-likeness (QED) is 0.708. The summed E-state index contributed by atoms with van der Waals surface area (Å²) in [6, 6.07) is 7.16. The highest BCUT2D eigenvalue weighted by Gasteiger charge is 2.26. The van der Waals surface area contributed by atoms with Crippen molar-refractivity contribution in [1.82, 2.24) is 10.1 Å². The highest BCUT2D eigenvalue weighted by atomic mass is 19.1. The van der Waals surface area contributed by atoms with E-state index in [2.05, 4.69) is 15.5 Å². The summed E-state index contributed by atoms with van der Waals surface area (Å²) in [6.07, 6.45) is 0.595. The minimum absolute atomic E-state index is 0.132. The predicted octanol–water partition coefficient (Wildman–Crippen LogP) is 3.33. The lowest BCUT2D eigenvalue weighted by Gasteiger charge is -2.19. The second-order valence-electron chi connectivity index (χ2n) is 6.61. The van der Waals surface area contributed by atoms with E-state index in [-0.39, 0.29) is 29.8 Å². The first-order valence-electron chi connectivity index (χ1n) is 8.97. The molecular formula is C20H18F2N4O3. The highest BCUT2D eigenvalue weighted by Crippen LogP contribution is 2.33. The number of fused-ring (bicyclic) bond motifs is 1. The maximum Gasteiger partial charge on any atom is 0.257 e. The summed E-state index contributed by atoms with van der Waals surface area (Å²) < 4.78 is 38.3. The average molecular weight is 400 g/mol. The van der Waals surface area contributed by atoms with Gasteiger partial charge in [-0.25, -0.2) is 8.78 Å². The van der Waals surface area contributed by atoms with E-state index in [1.165, 1.54) is 36.3 Å². The van der Waals surface area contributed by atoms with Gasteiger partial charge in [-0.1, -0.05) is 5.16 Å². The first-order chi connectivity index (χ1) is 14.0. The van der Waals surface area contributed by atoms with E-state index in [0.717, 1.165) is 5.56 Å². The van der Waals surface area contributed by atoms with Crippen LogP contribution >= 0.6 is 0 Å². The molecule has 1 N–H and O–H groups in total. The van der Waals surface area contributed by atoms with Crippen LogP contribution in [0, 0.1) is 18.6 Å².